The molecule has 150 valence electrons. The van der Waals surface area contributed by atoms with E-state index in [-0.39, 0.29) is 4.90 Å². The van der Waals surface area contributed by atoms with Crippen molar-refractivity contribution in [2.45, 2.75) is 4.90 Å². The second kappa shape index (κ2) is 8.32. The lowest BCUT2D eigenvalue weighted by Crippen LogP contribution is -2.48. The van der Waals surface area contributed by atoms with Gasteiger partial charge < -0.3 is 10.2 Å². The Morgan fingerprint density at radius 1 is 0.931 bits per heavy atom. The Balaban J connectivity index is 1.38. The zero-order chi connectivity index (χ0) is 20.3. The summed E-state index contributed by atoms with van der Waals surface area (Å²) in [6, 6.07) is 13.7. The number of aromatic nitrogens is 3. The van der Waals surface area contributed by atoms with Crippen LogP contribution >= 0.6 is 11.6 Å². The van der Waals surface area contributed by atoms with E-state index < -0.39 is 10.0 Å². The monoisotopic (exact) mass is 430 g/mol. The van der Waals surface area contributed by atoms with E-state index in [1.54, 1.807) is 24.5 Å². The molecule has 8 nitrogen and oxygen atoms in total. The van der Waals surface area contributed by atoms with Crippen molar-refractivity contribution < 1.29 is 8.42 Å². The van der Waals surface area contributed by atoms with Crippen LogP contribution in [0.1, 0.15) is 0 Å². The number of nitrogens with zero attached hydrogens (tertiary/aromatic N) is 5. The average Bonchev–Trinajstić information content (AvgIpc) is 2.75. The van der Waals surface area contributed by atoms with Crippen LogP contribution in [-0.4, -0.2) is 54.1 Å². The summed E-state index contributed by atoms with van der Waals surface area (Å²) >= 11 is 5.86. The second-order valence-corrected chi connectivity index (χ2v) is 8.86. The number of anilines is 3. The minimum absolute atomic E-state index is 0.251. The largest absolute Gasteiger partial charge is 0.352 e. The molecule has 0 atom stereocenters. The summed E-state index contributed by atoms with van der Waals surface area (Å²) in [5, 5.41) is 12.1. The molecule has 1 aliphatic heterocycles. The predicted octanol–water partition coefficient (Wildman–Crippen LogP) is 2.78. The van der Waals surface area contributed by atoms with Gasteiger partial charge in [0, 0.05) is 37.4 Å². The highest BCUT2D eigenvalue weighted by Gasteiger charge is 2.29. The molecular formula is C19H19ClN6O2S. The van der Waals surface area contributed by atoms with Crippen molar-refractivity contribution in [3.8, 4) is 0 Å². The van der Waals surface area contributed by atoms with E-state index in [2.05, 4.69) is 20.5 Å². The van der Waals surface area contributed by atoms with Gasteiger partial charge in [0.25, 0.3) is 0 Å². The number of pyridine rings is 1. The lowest BCUT2D eigenvalue weighted by atomic mass is 10.3. The molecule has 1 saturated heterocycles. The van der Waals surface area contributed by atoms with Gasteiger partial charge in [-0.3, -0.25) is 4.98 Å². The van der Waals surface area contributed by atoms with Gasteiger partial charge in [-0.25, -0.2) is 8.42 Å². The first-order valence-electron chi connectivity index (χ1n) is 9.04. The summed E-state index contributed by atoms with van der Waals surface area (Å²) in [6.07, 6.45) is 3.41. The van der Waals surface area contributed by atoms with E-state index in [1.165, 1.54) is 16.4 Å². The molecule has 3 aromatic rings. The van der Waals surface area contributed by atoms with Gasteiger partial charge in [-0.1, -0.05) is 11.6 Å². The number of benzene rings is 1. The van der Waals surface area contributed by atoms with E-state index >= 15 is 0 Å². The van der Waals surface area contributed by atoms with Crippen molar-refractivity contribution in [2.75, 3.05) is 36.4 Å². The Hall–Kier alpha value is -2.75. The molecule has 10 heteroatoms. The Bertz CT molecular complexity index is 1050. The van der Waals surface area contributed by atoms with Gasteiger partial charge in [0.2, 0.25) is 10.0 Å². The van der Waals surface area contributed by atoms with E-state index in [4.69, 9.17) is 11.6 Å². The van der Waals surface area contributed by atoms with Crippen LogP contribution in [0, 0.1) is 0 Å². The number of sulfonamides is 1. The van der Waals surface area contributed by atoms with Crippen molar-refractivity contribution in [1.29, 1.82) is 0 Å². The van der Waals surface area contributed by atoms with Crippen molar-refractivity contribution in [3.63, 3.8) is 0 Å². The van der Waals surface area contributed by atoms with Crippen LogP contribution in [0.15, 0.2) is 65.8 Å². The van der Waals surface area contributed by atoms with Crippen LogP contribution in [0.25, 0.3) is 0 Å². The molecule has 0 aliphatic carbocycles. The zero-order valence-corrected chi connectivity index (χ0v) is 17.0. The molecule has 0 spiro atoms. The Kier molecular flexibility index (Phi) is 5.61. The van der Waals surface area contributed by atoms with Gasteiger partial charge >= 0.3 is 0 Å². The molecule has 29 heavy (non-hydrogen) atoms. The summed E-state index contributed by atoms with van der Waals surface area (Å²) in [6.45, 7) is 1.83. The minimum atomic E-state index is -3.53. The molecule has 4 rings (SSSR count). The van der Waals surface area contributed by atoms with E-state index in [0.29, 0.717) is 42.8 Å². The quantitative estimate of drug-likeness (QED) is 0.665. The maximum absolute atomic E-state index is 12.8. The Morgan fingerprint density at radius 3 is 2.31 bits per heavy atom. The normalized spacial score (nSPS) is 15.3. The van der Waals surface area contributed by atoms with Gasteiger partial charge in [0.05, 0.1) is 16.8 Å². The Morgan fingerprint density at radius 2 is 1.69 bits per heavy atom. The summed E-state index contributed by atoms with van der Waals surface area (Å²) in [7, 11) is -3.53. The number of piperazine rings is 1. The summed E-state index contributed by atoms with van der Waals surface area (Å²) in [5.74, 6) is 1.33. The molecule has 1 N–H and O–H groups in total. The fourth-order valence-electron chi connectivity index (χ4n) is 3.06. The fraction of sp³-hybridized carbons (Fsp3) is 0.211. The molecule has 2 aromatic heterocycles. The van der Waals surface area contributed by atoms with Crippen LogP contribution in [0.3, 0.4) is 0 Å². The first-order valence-corrected chi connectivity index (χ1v) is 10.9. The second-order valence-electron chi connectivity index (χ2n) is 6.49. The van der Waals surface area contributed by atoms with E-state index in [1.807, 2.05) is 29.2 Å². The van der Waals surface area contributed by atoms with E-state index in [0.717, 1.165) is 5.69 Å². The van der Waals surface area contributed by atoms with Gasteiger partial charge in [-0.2, -0.15) is 4.31 Å². The Labute approximate surface area is 174 Å². The maximum Gasteiger partial charge on any atom is 0.243 e. The molecule has 1 fully saturated rings. The average molecular weight is 431 g/mol. The highest BCUT2D eigenvalue weighted by atomic mass is 35.5. The lowest BCUT2D eigenvalue weighted by molar-refractivity contribution is 0.383. The van der Waals surface area contributed by atoms with Crippen LogP contribution in [0.2, 0.25) is 5.02 Å². The third-order valence-corrected chi connectivity index (χ3v) is 6.76. The standard InChI is InChI=1S/C19H19ClN6O2S/c20-15-3-5-17(6-4-15)29(27,28)26-12-10-25(11-13-26)19-8-7-18(23-24-19)22-16-2-1-9-21-14-16/h1-9,14H,10-13H2,(H,22,23). The maximum atomic E-state index is 12.8. The molecular weight excluding hydrogens is 412 g/mol. The number of hydrogen-bond donors (Lipinski definition) is 1. The zero-order valence-electron chi connectivity index (χ0n) is 15.4. The number of halogens is 1. The highest BCUT2D eigenvalue weighted by Crippen LogP contribution is 2.22. The van der Waals surface area contributed by atoms with Crippen LogP contribution in [-0.2, 0) is 10.0 Å². The topological polar surface area (TPSA) is 91.3 Å². The summed E-state index contributed by atoms with van der Waals surface area (Å²) in [5.41, 5.74) is 0.829. The molecule has 3 heterocycles. The molecule has 0 unspecified atom stereocenters. The number of nitrogens with one attached hydrogen (secondary N) is 1. The van der Waals surface area contributed by atoms with Gasteiger partial charge in [-0.05, 0) is 48.5 Å². The fourth-order valence-corrected chi connectivity index (χ4v) is 4.61. The van der Waals surface area contributed by atoms with Crippen molar-refractivity contribution in [2.24, 2.45) is 0 Å². The minimum Gasteiger partial charge on any atom is -0.352 e. The molecule has 0 saturated carbocycles. The first kappa shape index (κ1) is 19.6. The summed E-state index contributed by atoms with van der Waals surface area (Å²) < 4.78 is 27.1. The molecule has 0 amide bonds. The van der Waals surface area contributed by atoms with Gasteiger partial charge in [0.15, 0.2) is 11.6 Å². The number of rotatable bonds is 5. The van der Waals surface area contributed by atoms with Crippen LogP contribution < -0.4 is 10.2 Å². The van der Waals surface area contributed by atoms with E-state index in [9.17, 15) is 8.42 Å². The molecule has 1 aromatic carbocycles. The first-order chi connectivity index (χ1) is 14.0. The highest BCUT2D eigenvalue weighted by molar-refractivity contribution is 7.89. The molecule has 1 aliphatic rings. The third-order valence-electron chi connectivity index (χ3n) is 4.60. The predicted molar refractivity (Wildman–Crippen MR) is 112 cm³/mol. The SMILES string of the molecule is O=S(=O)(c1ccc(Cl)cc1)N1CCN(c2ccc(Nc3cccnc3)nn2)CC1. The van der Waals surface area contributed by atoms with Crippen LogP contribution in [0.5, 0.6) is 0 Å². The van der Waals surface area contributed by atoms with Gasteiger partial charge in [-0.15, -0.1) is 10.2 Å². The van der Waals surface area contributed by atoms with Crippen LogP contribution in [0.4, 0.5) is 17.3 Å². The van der Waals surface area contributed by atoms with Crippen molar-refractivity contribution >= 4 is 38.9 Å². The van der Waals surface area contributed by atoms with Gasteiger partial charge in [0.1, 0.15) is 0 Å². The van der Waals surface area contributed by atoms with Crippen molar-refractivity contribution in [1.82, 2.24) is 19.5 Å². The number of hydrogen-bond acceptors (Lipinski definition) is 7. The smallest absolute Gasteiger partial charge is 0.243 e. The molecule has 0 bridgehead atoms. The van der Waals surface area contributed by atoms with Crippen molar-refractivity contribution in [3.05, 3.63) is 65.9 Å². The lowest BCUT2D eigenvalue weighted by Gasteiger charge is -2.34. The third kappa shape index (κ3) is 4.47. The molecule has 0 radical (unpaired) electrons. The summed E-state index contributed by atoms with van der Waals surface area (Å²) in [4.78, 5) is 6.32.